The summed E-state index contributed by atoms with van der Waals surface area (Å²) in [5.74, 6) is -0.313. The van der Waals surface area contributed by atoms with E-state index in [2.05, 4.69) is 10.3 Å². The van der Waals surface area contributed by atoms with E-state index < -0.39 is 11.9 Å². The molecule has 0 bridgehead atoms. The van der Waals surface area contributed by atoms with Gasteiger partial charge in [0, 0.05) is 11.3 Å². The molecule has 0 radical (unpaired) electrons. The summed E-state index contributed by atoms with van der Waals surface area (Å²) in [6, 6.07) is 21.8. The molecule has 0 spiro atoms. The average molecular weight is 418 g/mol. The number of amides is 1. The third kappa shape index (κ3) is 4.31. The summed E-state index contributed by atoms with van der Waals surface area (Å²) in [5, 5.41) is 3.41. The van der Waals surface area contributed by atoms with E-state index in [0.717, 1.165) is 15.2 Å². The van der Waals surface area contributed by atoms with Crippen LogP contribution in [0.1, 0.15) is 10.4 Å². The van der Waals surface area contributed by atoms with E-state index in [1.54, 1.807) is 43.5 Å². The number of benzene rings is 3. The van der Waals surface area contributed by atoms with Crippen LogP contribution >= 0.6 is 11.3 Å². The summed E-state index contributed by atoms with van der Waals surface area (Å²) in [6.07, 6.45) is 0. The van der Waals surface area contributed by atoms with E-state index in [-0.39, 0.29) is 6.61 Å². The highest BCUT2D eigenvalue weighted by atomic mass is 32.1. The first-order chi connectivity index (χ1) is 14.6. The van der Waals surface area contributed by atoms with Crippen molar-refractivity contribution in [3.05, 3.63) is 78.4 Å². The molecule has 1 N–H and O–H groups in total. The number of ether oxygens (including phenoxy) is 2. The van der Waals surface area contributed by atoms with Crippen LogP contribution in [0.3, 0.4) is 0 Å². The van der Waals surface area contributed by atoms with Crippen molar-refractivity contribution in [1.82, 2.24) is 4.98 Å². The Morgan fingerprint density at radius 2 is 1.70 bits per heavy atom. The lowest BCUT2D eigenvalue weighted by Gasteiger charge is -2.09. The molecular weight excluding hydrogens is 400 g/mol. The second-order valence-corrected chi connectivity index (χ2v) is 7.42. The normalized spacial score (nSPS) is 10.6. The fourth-order valence-electron chi connectivity index (χ4n) is 2.92. The van der Waals surface area contributed by atoms with Crippen LogP contribution in [0.5, 0.6) is 5.75 Å². The van der Waals surface area contributed by atoms with Gasteiger partial charge in [-0.2, -0.15) is 0 Å². The Labute approximate surface area is 177 Å². The van der Waals surface area contributed by atoms with Gasteiger partial charge < -0.3 is 14.8 Å². The molecule has 0 fully saturated rings. The summed E-state index contributed by atoms with van der Waals surface area (Å²) >= 11 is 1.50. The van der Waals surface area contributed by atoms with Gasteiger partial charge in [0.05, 0.1) is 22.9 Å². The maximum absolute atomic E-state index is 12.7. The molecule has 0 aliphatic carbocycles. The second-order valence-electron chi connectivity index (χ2n) is 6.39. The lowest BCUT2D eigenvalue weighted by Crippen LogP contribution is -2.21. The number of carbonyl (C=O) groups is 2. The standard InChI is InChI=1S/C23H18N2O4S/c1-28-16-12-10-15(11-13-16)24-21(26)14-29-23(27)18-7-3-2-6-17(18)22-25-19-8-4-5-9-20(19)30-22/h2-13H,14H2,1H3,(H,24,26). The molecule has 1 heterocycles. The largest absolute Gasteiger partial charge is 0.497 e. The molecule has 150 valence electrons. The zero-order chi connectivity index (χ0) is 20.9. The minimum atomic E-state index is -0.574. The number of aromatic nitrogens is 1. The first-order valence-corrected chi connectivity index (χ1v) is 10.0. The van der Waals surface area contributed by atoms with Gasteiger partial charge in [-0.15, -0.1) is 11.3 Å². The van der Waals surface area contributed by atoms with Crippen LogP contribution in [0.25, 0.3) is 20.8 Å². The van der Waals surface area contributed by atoms with Gasteiger partial charge in [-0.25, -0.2) is 9.78 Å². The SMILES string of the molecule is COc1ccc(NC(=O)COC(=O)c2ccccc2-c2nc3ccccc3s2)cc1. The monoisotopic (exact) mass is 418 g/mol. The highest BCUT2D eigenvalue weighted by Crippen LogP contribution is 2.32. The Hall–Kier alpha value is -3.71. The molecule has 30 heavy (non-hydrogen) atoms. The van der Waals surface area contributed by atoms with E-state index in [4.69, 9.17) is 9.47 Å². The minimum absolute atomic E-state index is 0.369. The molecule has 4 aromatic rings. The molecule has 7 heteroatoms. The van der Waals surface area contributed by atoms with E-state index >= 15 is 0 Å². The van der Waals surface area contributed by atoms with Gasteiger partial charge in [-0.05, 0) is 42.5 Å². The molecule has 0 aliphatic rings. The molecule has 0 saturated carbocycles. The number of para-hydroxylation sites is 1. The first-order valence-electron chi connectivity index (χ1n) is 9.20. The predicted molar refractivity (Wildman–Crippen MR) is 117 cm³/mol. The van der Waals surface area contributed by atoms with Gasteiger partial charge in [-0.3, -0.25) is 4.79 Å². The van der Waals surface area contributed by atoms with Crippen LogP contribution in [0.2, 0.25) is 0 Å². The molecule has 0 unspecified atom stereocenters. The number of fused-ring (bicyclic) bond motifs is 1. The third-order valence-corrected chi connectivity index (χ3v) is 5.45. The summed E-state index contributed by atoms with van der Waals surface area (Å²) < 4.78 is 11.4. The Bertz CT molecular complexity index is 1170. The maximum atomic E-state index is 12.7. The molecule has 4 rings (SSSR count). The number of methoxy groups -OCH3 is 1. The summed E-state index contributed by atoms with van der Waals surface area (Å²) in [6.45, 7) is -0.390. The number of carbonyl (C=O) groups excluding carboxylic acids is 2. The third-order valence-electron chi connectivity index (χ3n) is 4.38. The van der Waals surface area contributed by atoms with Crippen molar-refractivity contribution < 1.29 is 19.1 Å². The average Bonchev–Trinajstić information content (AvgIpc) is 3.22. The molecule has 0 aliphatic heterocycles. The molecule has 1 aromatic heterocycles. The van der Waals surface area contributed by atoms with Crippen molar-refractivity contribution >= 4 is 39.1 Å². The van der Waals surface area contributed by atoms with E-state index in [1.165, 1.54) is 11.3 Å². The number of hydrogen-bond acceptors (Lipinski definition) is 6. The Morgan fingerprint density at radius 3 is 2.47 bits per heavy atom. The number of anilines is 1. The number of rotatable bonds is 6. The molecule has 3 aromatic carbocycles. The van der Waals surface area contributed by atoms with Crippen molar-refractivity contribution in [2.24, 2.45) is 0 Å². The molecule has 0 saturated heterocycles. The van der Waals surface area contributed by atoms with Crippen LogP contribution in [-0.2, 0) is 9.53 Å². The van der Waals surface area contributed by atoms with Crippen molar-refractivity contribution in [1.29, 1.82) is 0 Å². The molecule has 0 atom stereocenters. The number of thiazole rings is 1. The number of nitrogens with one attached hydrogen (secondary N) is 1. The van der Waals surface area contributed by atoms with Crippen molar-refractivity contribution in [2.45, 2.75) is 0 Å². The van der Waals surface area contributed by atoms with Gasteiger partial charge in [0.1, 0.15) is 10.8 Å². The first kappa shape index (κ1) is 19.6. The van der Waals surface area contributed by atoms with E-state index in [0.29, 0.717) is 22.6 Å². The van der Waals surface area contributed by atoms with Gasteiger partial charge in [0.15, 0.2) is 6.61 Å². The van der Waals surface area contributed by atoms with Crippen LogP contribution in [0.15, 0.2) is 72.8 Å². The Kier molecular flexibility index (Phi) is 5.72. The van der Waals surface area contributed by atoms with Gasteiger partial charge in [0.2, 0.25) is 0 Å². The highest BCUT2D eigenvalue weighted by Gasteiger charge is 2.18. The Balaban J connectivity index is 1.45. The van der Waals surface area contributed by atoms with E-state index in [9.17, 15) is 9.59 Å². The van der Waals surface area contributed by atoms with Gasteiger partial charge >= 0.3 is 5.97 Å². The van der Waals surface area contributed by atoms with Crippen LogP contribution in [-0.4, -0.2) is 30.6 Å². The molecule has 6 nitrogen and oxygen atoms in total. The lowest BCUT2D eigenvalue weighted by molar-refractivity contribution is -0.119. The van der Waals surface area contributed by atoms with Gasteiger partial charge in [0.25, 0.3) is 5.91 Å². The second kappa shape index (κ2) is 8.75. The van der Waals surface area contributed by atoms with Crippen LogP contribution in [0.4, 0.5) is 5.69 Å². The zero-order valence-corrected chi connectivity index (χ0v) is 16.9. The lowest BCUT2D eigenvalue weighted by atomic mass is 10.1. The smallest absolute Gasteiger partial charge is 0.339 e. The molecule has 1 amide bonds. The number of hydrogen-bond donors (Lipinski definition) is 1. The van der Waals surface area contributed by atoms with Crippen molar-refractivity contribution in [2.75, 3.05) is 19.0 Å². The predicted octanol–water partition coefficient (Wildman–Crippen LogP) is 4.77. The van der Waals surface area contributed by atoms with Crippen molar-refractivity contribution in [3.8, 4) is 16.3 Å². The van der Waals surface area contributed by atoms with Crippen molar-refractivity contribution in [3.63, 3.8) is 0 Å². The topological polar surface area (TPSA) is 77.5 Å². The number of esters is 1. The maximum Gasteiger partial charge on any atom is 0.339 e. The zero-order valence-electron chi connectivity index (χ0n) is 16.1. The van der Waals surface area contributed by atoms with Gasteiger partial charge in [-0.1, -0.05) is 30.3 Å². The minimum Gasteiger partial charge on any atom is -0.497 e. The van der Waals surface area contributed by atoms with E-state index in [1.807, 2.05) is 36.4 Å². The fourth-order valence-corrected chi connectivity index (χ4v) is 3.92. The summed E-state index contributed by atoms with van der Waals surface area (Å²) in [5.41, 5.74) is 2.51. The Morgan fingerprint density at radius 1 is 0.967 bits per heavy atom. The number of nitrogens with zero attached hydrogens (tertiary/aromatic N) is 1. The fraction of sp³-hybridized carbons (Fsp3) is 0.0870. The summed E-state index contributed by atoms with van der Waals surface area (Å²) in [7, 11) is 1.57. The molecular formula is C23H18N2O4S. The quantitative estimate of drug-likeness (QED) is 0.457. The summed E-state index contributed by atoms with van der Waals surface area (Å²) in [4.78, 5) is 29.4. The van der Waals surface area contributed by atoms with Crippen LogP contribution < -0.4 is 10.1 Å². The highest BCUT2D eigenvalue weighted by molar-refractivity contribution is 7.21. The van der Waals surface area contributed by atoms with Crippen LogP contribution in [0, 0.1) is 0 Å².